The van der Waals surface area contributed by atoms with Gasteiger partial charge in [-0.25, -0.2) is 0 Å². The van der Waals surface area contributed by atoms with Gasteiger partial charge in [0.25, 0.3) is 0 Å². The molecule has 2 rings (SSSR count). The van der Waals surface area contributed by atoms with E-state index in [9.17, 15) is 4.79 Å². The molecule has 0 saturated carbocycles. The van der Waals surface area contributed by atoms with Crippen molar-refractivity contribution in [2.45, 2.75) is 32.2 Å². The van der Waals surface area contributed by atoms with Gasteiger partial charge in [0, 0.05) is 36.6 Å². The van der Waals surface area contributed by atoms with Gasteiger partial charge in [-0.05, 0) is 31.4 Å². The molecule has 1 unspecified atom stereocenters. The number of benzene rings is 1. The molecule has 20 heavy (non-hydrogen) atoms. The third-order valence-electron chi connectivity index (χ3n) is 3.49. The molecule has 0 saturated heterocycles. The second kappa shape index (κ2) is 6.57. The summed E-state index contributed by atoms with van der Waals surface area (Å²) in [6.45, 7) is 2.24. The number of ether oxygens (including phenoxy) is 1. The number of hydrogen-bond acceptors (Lipinski definition) is 3. The topological polar surface area (TPSA) is 57.2 Å². The molecule has 2 N–H and O–H groups in total. The van der Waals surface area contributed by atoms with Crippen LogP contribution >= 0.6 is 0 Å². The summed E-state index contributed by atoms with van der Waals surface area (Å²) in [7, 11) is 2.04. The van der Waals surface area contributed by atoms with Gasteiger partial charge in [-0.1, -0.05) is 18.2 Å². The van der Waals surface area contributed by atoms with E-state index in [1.165, 1.54) is 16.5 Å². The lowest BCUT2D eigenvalue weighted by Gasteiger charge is -2.10. The molecule has 108 valence electrons. The van der Waals surface area contributed by atoms with Gasteiger partial charge < -0.3 is 15.0 Å². The van der Waals surface area contributed by atoms with E-state index in [0.717, 1.165) is 6.42 Å². The molecule has 0 bridgehead atoms. The van der Waals surface area contributed by atoms with E-state index in [1.807, 2.05) is 26.1 Å². The van der Waals surface area contributed by atoms with Crippen LogP contribution in [0.3, 0.4) is 0 Å². The monoisotopic (exact) mass is 274 g/mol. The summed E-state index contributed by atoms with van der Waals surface area (Å²) in [5.41, 5.74) is 8.58. The molecule has 1 atom stereocenters. The minimum absolute atomic E-state index is 0.0230. The van der Waals surface area contributed by atoms with Crippen molar-refractivity contribution in [1.29, 1.82) is 0 Å². The first-order chi connectivity index (χ1) is 9.61. The maximum absolute atomic E-state index is 11.3. The van der Waals surface area contributed by atoms with Crippen molar-refractivity contribution in [3.8, 4) is 0 Å². The highest BCUT2D eigenvalue weighted by atomic mass is 16.5. The van der Waals surface area contributed by atoms with Crippen LogP contribution in [0.5, 0.6) is 0 Å². The largest absolute Gasteiger partial charge is 0.466 e. The van der Waals surface area contributed by atoms with Gasteiger partial charge in [0.1, 0.15) is 0 Å². The SMILES string of the molecule is CCOC(=O)CCC(N)Cc1cn(C)c2ccccc12. The highest BCUT2D eigenvalue weighted by molar-refractivity contribution is 5.83. The zero-order chi connectivity index (χ0) is 14.5. The van der Waals surface area contributed by atoms with Crippen molar-refractivity contribution in [1.82, 2.24) is 4.57 Å². The molecule has 2 aromatic rings. The van der Waals surface area contributed by atoms with Gasteiger partial charge in [-0.2, -0.15) is 0 Å². The summed E-state index contributed by atoms with van der Waals surface area (Å²) in [6.07, 6.45) is 3.94. The number of esters is 1. The smallest absolute Gasteiger partial charge is 0.305 e. The fourth-order valence-corrected chi connectivity index (χ4v) is 2.51. The number of fused-ring (bicyclic) bond motifs is 1. The van der Waals surface area contributed by atoms with Crippen LogP contribution in [-0.2, 0) is 23.0 Å². The Labute approximate surface area is 119 Å². The first kappa shape index (κ1) is 14.6. The highest BCUT2D eigenvalue weighted by Gasteiger charge is 2.12. The molecular formula is C16H22N2O2. The fraction of sp³-hybridized carbons (Fsp3) is 0.438. The Morgan fingerprint density at radius 1 is 1.40 bits per heavy atom. The maximum Gasteiger partial charge on any atom is 0.305 e. The highest BCUT2D eigenvalue weighted by Crippen LogP contribution is 2.21. The minimum Gasteiger partial charge on any atom is -0.466 e. The van der Waals surface area contributed by atoms with E-state index in [1.54, 1.807) is 0 Å². The number of rotatable bonds is 6. The van der Waals surface area contributed by atoms with Crippen LogP contribution in [0.15, 0.2) is 30.5 Å². The Kier molecular flexibility index (Phi) is 4.79. The number of nitrogens with two attached hydrogens (primary N) is 1. The molecule has 0 aliphatic rings. The molecule has 1 aromatic carbocycles. The summed E-state index contributed by atoms with van der Waals surface area (Å²) < 4.78 is 7.03. The molecule has 0 radical (unpaired) electrons. The van der Waals surface area contributed by atoms with Gasteiger partial charge >= 0.3 is 5.97 Å². The number of carbonyl (C=O) groups excluding carboxylic acids is 1. The summed E-state index contributed by atoms with van der Waals surface area (Å²) >= 11 is 0. The maximum atomic E-state index is 11.3. The van der Waals surface area contributed by atoms with Crippen molar-refractivity contribution >= 4 is 16.9 Å². The predicted octanol–water partition coefficient (Wildman–Crippen LogP) is 2.39. The van der Waals surface area contributed by atoms with Gasteiger partial charge in [0.05, 0.1) is 6.61 Å². The number of aryl methyl sites for hydroxylation is 1. The van der Waals surface area contributed by atoms with Crippen LogP contribution in [0.1, 0.15) is 25.3 Å². The van der Waals surface area contributed by atoms with E-state index in [4.69, 9.17) is 10.5 Å². The standard InChI is InChI=1S/C16H22N2O2/c1-3-20-16(19)9-8-13(17)10-12-11-18(2)15-7-5-4-6-14(12)15/h4-7,11,13H,3,8-10,17H2,1-2H3. The van der Waals surface area contributed by atoms with Crippen LogP contribution in [0.4, 0.5) is 0 Å². The first-order valence-electron chi connectivity index (χ1n) is 7.06. The number of aromatic nitrogens is 1. The summed E-state index contributed by atoms with van der Waals surface area (Å²) in [5.74, 6) is -0.166. The Morgan fingerprint density at radius 3 is 2.90 bits per heavy atom. The minimum atomic E-state index is -0.166. The summed E-state index contributed by atoms with van der Waals surface area (Å²) in [5, 5.41) is 1.24. The molecule has 0 amide bonds. The fourth-order valence-electron chi connectivity index (χ4n) is 2.51. The zero-order valence-electron chi connectivity index (χ0n) is 12.1. The number of hydrogen-bond donors (Lipinski definition) is 1. The van der Waals surface area contributed by atoms with Crippen LogP contribution in [0, 0.1) is 0 Å². The Morgan fingerprint density at radius 2 is 2.15 bits per heavy atom. The first-order valence-corrected chi connectivity index (χ1v) is 7.06. The van der Waals surface area contributed by atoms with Gasteiger partial charge in [0.15, 0.2) is 0 Å². The molecular weight excluding hydrogens is 252 g/mol. The Hall–Kier alpha value is -1.81. The lowest BCUT2D eigenvalue weighted by Crippen LogP contribution is -2.24. The number of carbonyl (C=O) groups is 1. The Bertz CT molecular complexity index is 589. The average molecular weight is 274 g/mol. The van der Waals surface area contributed by atoms with Crippen molar-refractivity contribution in [3.63, 3.8) is 0 Å². The molecule has 1 aromatic heterocycles. The van der Waals surface area contributed by atoms with Crippen molar-refractivity contribution < 1.29 is 9.53 Å². The normalized spacial score (nSPS) is 12.6. The predicted molar refractivity (Wildman–Crippen MR) is 80.5 cm³/mol. The Balaban J connectivity index is 1.99. The van der Waals surface area contributed by atoms with Crippen LogP contribution < -0.4 is 5.73 Å². The van der Waals surface area contributed by atoms with Gasteiger partial charge in [-0.3, -0.25) is 4.79 Å². The van der Waals surface area contributed by atoms with E-state index >= 15 is 0 Å². The molecule has 0 spiro atoms. The molecule has 4 heteroatoms. The van der Waals surface area contributed by atoms with Gasteiger partial charge in [-0.15, -0.1) is 0 Å². The molecule has 0 aliphatic heterocycles. The second-order valence-electron chi connectivity index (χ2n) is 5.09. The van der Waals surface area contributed by atoms with E-state index < -0.39 is 0 Å². The van der Waals surface area contributed by atoms with Crippen molar-refractivity contribution in [2.24, 2.45) is 12.8 Å². The number of para-hydroxylation sites is 1. The molecule has 4 nitrogen and oxygen atoms in total. The van der Waals surface area contributed by atoms with Crippen LogP contribution in [0.2, 0.25) is 0 Å². The lowest BCUT2D eigenvalue weighted by atomic mass is 10.0. The van der Waals surface area contributed by atoms with Crippen molar-refractivity contribution in [2.75, 3.05) is 6.61 Å². The third-order valence-corrected chi connectivity index (χ3v) is 3.49. The average Bonchev–Trinajstić information content (AvgIpc) is 2.74. The van der Waals surface area contributed by atoms with Gasteiger partial charge in [0.2, 0.25) is 0 Å². The van der Waals surface area contributed by atoms with Crippen LogP contribution in [0.25, 0.3) is 10.9 Å². The molecule has 0 fully saturated rings. The summed E-state index contributed by atoms with van der Waals surface area (Å²) in [4.78, 5) is 11.3. The van der Waals surface area contributed by atoms with Crippen LogP contribution in [-0.4, -0.2) is 23.2 Å². The molecule has 1 heterocycles. The van der Waals surface area contributed by atoms with E-state index in [0.29, 0.717) is 19.4 Å². The third kappa shape index (κ3) is 3.39. The van der Waals surface area contributed by atoms with E-state index in [-0.39, 0.29) is 12.0 Å². The lowest BCUT2D eigenvalue weighted by molar-refractivity contribution is -0.143. The molecule has 0 aliphatic carbocycles. The second-order valence-corrected chi connectivity index (χ2v) is 5.09. The quantitative estimate of drug-likeness (QED) is 0.823. The van der Waals surface area contributed by atoms with E-state index in [2.05, 4.69) is 22.9 Å². The number of nitrogens with zero attached hydrogens (tertiary/aromatic N) is 1. The summed E-state index contributed by atoms with van der Waals surface area (Å²) in [6, 6.07) is 8.26. The zero-order valence-corrected chi connectivity index (χ0v) is 12.1. The van der Waals surface area contributed by atoms with Crippen molar-refractivity contribution in [3.05, 3.63) is 36.0 Å².